The molecule has 7 heteroatoms. The first-order valence-electron chi connectivity index (χ1n) is 7.18. The summed E-state index contributed by atoms with van der Waals surface area (Å²) in [5.41, 5.74) is 0.857. The molecule has 0 spiro atoms. The Kier molecular flexibility index (Phi) is 6.06. The summed E-state index contributed by atoms with van der Waals surface area (Å²) < 4.78 is 1.54. The average molecular weight is 330 g/mol. The number of nitrogens with one attached hydrogen (secondary N) is 2. The molecule has 1 amide bonds. The normalized spacial score (nSPS) is 11.7. The number of H-pyrrole nitrogens is 1. The van der Waals surface area contributed by atoms with Crippen molar-refractivity contribution in [1.82, 2.24) is 20.1 Å². The Balaban J connectivity index is 2.02. The van der Waals surface area contributed by atoms with Crippen molar-refractivity contribution < 1.29 is 4.79 Å². The van der Waals surface area contributed by atoms with Gasteiger partial charge < -0.3 is 5.32 Å². The molecule has 1 heterocycles. The quantitative estimate of drug-likeness (QED) is 0.587. The van der Waals surface area contributed by atoms with Gasteiger partial charge in [0.25, 0.3) is 0 Å². The molecule has 2 rings (SSSR count). The van der Waals surface area contributed by atoms with Crippen molar-refractivity contribution in [3.63, 3.8) is 0 Å². The summed E-state index contributed by atoms with van der Waals surface area (Å²) in [7, 11) is 0. The van der Waals surface area contributed by atoms with Gasteiger partial charge in [0.2, 0.25) is 5.91 Å². The highest BCUT2D eigenvalue weighted by Gasteiger charge is 2.18. The molecule has 0 saturated carbocycles. The molecule has 120 valence electrons. The van der Waals surface area contributed by atoms with E-state index < -0.39 is 5.25 Å². The van der Waals surface area contributed by atoms with Gasteiger partial charge in [-0.05, 0) is 18.9 Å². The highest BCUT2D eigenvalue weighted by Crippen LogP contribution is 2.20. The molecule has 0 saturated heterocycles. The topological polar surface area (TPSA) is 79.8 Å². The maximum atomic E-state index is 11.9. The Morgan fingerprint density at radius 1 is 1.48 bits per heavy atom. The molecule has 0 aliphatic rings. The summed E-state index contributed by atoms with van der Waals surface area (Å²) in [6.07, 6.45) is 5.83. The van der Waals surface area contributed by atoms with Crippen molar-refractivity contribution in [3.8, 4) is 12.3 Å². The second-order valence-corrected chi connectivity index (χ2v) is 6.19. The highest BCUT2D eigenvalue weighted by molar-refractivity contribution is 8.00. The van der Waals surface area contributed by atoms with E-state index in [1.54, 1.807) is 11.5 Å². The lowest BCUT2D eigenvalue weighted by Gasteiger charge is -2.11. The number of carbonyl (C=O) groups is 1. The van der Waals surface area contributed by atoms with Crippen LogP contribution in [-0.4, -0.2) is 32.5 Å². The lowest BCUT2D eigenvalue weighted by Crippen LogP contribution is -2.31. The van der Waals surface area contributed by atoms with E-state index in [9.17, 15) is 9.59 Å². The van der Waals surface area contributed by atoms with Crippen LogP contribution >= 0.6 is 11.8 Å². The minimum Gasteiger partial charge on any atom is -0.344 e. The van der Waals surface area contributed by atoms with Crippen LogP contribution in [0.3, 0.4) is 0 Å². The lowest BCUT2D eigenvalue weighted by atomic mass is 10.1. The van der Waals surface area contributed by atoms with Gasteiger partial charge in [0.15, 0.2) is 5.16 Å². The zero-order valence-electron chi connectivity index (χ0n) is 12.8. The van der Waals surface area contributed by atoms with E-state index in [-0.39, 0.29) is 18.1 Å². The molecule has 2 aromatic rings. The van der Waals surface area contributed by atoms with Gasteiger partial charge in [-0.1, -0.05) is 48.0 Å². The first kappa shape index (κ1) is 16.9. The van der Waals surface area contributed by atoms with E-state index in [1.165, 1.54) is 11.8 Å². The van der Waals surface area contributed by atoms with Crippen LogP contribution in [0, 0.1) is 12.3 Å². The molecule has 6 nitrogen and oxygen atoms in total. The van der Waals surface area contributed by atoms with Gasteiger partial charge in [-0.2, -0.15) is 0 Å². The van der Waals surface area contributed by atoms with Crippen molar-refractivity contribution in [2.24, 2.45) is 0 Å². The van der Waals surface area contributed by atoms with Crippen LogP contribution in [0.4, 0.5) is 0 Å². The summed E-state index contributed by atoms with van der Waals surface area (Å²) in [4.78, 5) is 23.7. The minimum atomic E-state index is -0.394. The number of nitrogens with zero attached hydrogens (tertiary/aromatic N) is 2. The third-order valence-electron chi connectivity index (χ3n) is 3.21. The maximum Gasteiger partial charge on any atom is 0.343 e. The number of rotatable bonds is 7. The van der Waals surface area contributed by atoms with Crippen molar-refractivity contribution in [1.29, 1.82) is 0 Å². The Morgan fingerprint density at radius 3 is 2.91 bits per heavy atom. The van der Waals surface area contributed by atoms with Gasteiger partial charge in [-0.25, -0.2) is 9.89 Å². The molecular formula is C16H18N4O2S. The molecule has 2 N–H and O–H groups in total. The van der Waals surface area contributed by atoms with E-state index in [1.807, 2.05) is 30.3 Å². The Labute approximate surface area is 138 Å². The Morgan fingerprint density at radius 2 is 2.22 bits per heavy atom. The van der Waals surface area contributed by atoms with Gasteiger partial charge in [0.05, 0.1) is 11.8 Å². The molecule has 1 unspecified atom stereocenters. The van der Waals surface area contributed by atoms with Crippen molar-refractivity contribution in [2.75, 3.05) is 6.54 Å². The Bertz CT molecular complexity index is 745. The number of aromatic amines is 1. The number of carbonyl (C=O) groups excluding carboxylic acids is 1. The molecule has 1 aromatic carbocycles. The summed E-state index contributed by atoms with van der Waals surface area (Å²) >= 11 is 1.22. The van der Waals surface area contributed by atoms with Gasteiger partial charge in [0.1, 0.15) is 0 Å². The fraction of sp³-hybridized carbons (Fsp3) is 0.312. The number of hydrogen-bond donors (Lipinski definition) is 2. The summed E-state index contributed by atoms with van der Waals surface area (Å²) in [6.45, 7) is 2.43. The Hall–Kier alpha value is -2.46. The van der Waals surface area contributed by atoms with E-state index in [0.717, 1.165) is 5.56 Å². The average Bonchev–Trinajstić information content (AvgIpc) is 2.91. The summed E-state index contributed by atoms with van der Waals surface area (Å²) in [5.74, 6) is 2.17. The van der Waals surface area contributed by atoms with Crippen molar-refractivity contribution >= 4 is 17.7 Å². The van der Waals surface area contributed by atoms with Crippen LogP contribution < -0.4 is 11.0 Å². The van der Waals surface area contributed by atoms with E-state index in [0.29, 0.717) is 18.1 Å². The fourth-order valence-corrected chi connectivity index (χ4v) is 2.88. The summed E-state index contributed by atoms with van der Waals surface area (Å²) in [6, 6.07) is 9.88. The maximum absolute atomic E-state index is 11.9. The van der Waals surface area contributed by atoms with Crippen molar-refractivity contribution in [2.45, 2.75) is 30.3 Å². The molecule has 0 fully saturated rings. The third-order valence-corrected chi connectivity index (χ3v) is 4.30. The van der Waals surface area contributed by atoms with Gasteiger partial charge >= 0.3 is 5.69 Å². The third kappa shape index (κ3) is 4.76. The predicted octanol–water partition coefficient (Wildman–Crippen LogP) is 1.04. The van der Waals surface area contributed by atoms with Crippen LogP contribution in [-0.2, 0) is 17.8 Å². The van der Waals surface area contributed by atoms with Crippen LogP contribution in [0.5, 0.6) is 0 Å². The molecule has 0 aliphatic carbocycles. The second kappa shape index (κ2) is 8.25. The zero-order chi connectivity index (χ0) is 16.7. The number of hydrogen-bond acceptors (Lipinski definition) is 4. The number of aromatic nitrogens is 3. The second-order valence-electron chi connectivity index (χ2n) is 4.88. The number of aryl methyl sites for hydroxylation is 1. The standard InChI is InChI=1S/C16H18N4O2S/c1-3-10-17-14(21)12(2)23-16-19-18-15(22)20(16)11-9-13-7-5-4-6-8-13/h1,4-8,12H,9-11H2,2H3,(H,17,21)(H,18,22). The van der Waals surface area contributed by atoms with Crippen LogP contribution in [0.2, 0.25) is 0 Å². The van der Waals surface area contributed by atoms with Crippen LogP contribution in [0.1, 0.15) is 12.5 Å². The van der Waals surface area contributed by atoms with Crippen LogP contribution in [0.15, 0.2) is 40.3 Å². The predicted molar refractivity (Wildman–Crippen MR) is 90.2 cm³/mol. The zero-order valence-corrected chi connectivity index (χ0v) is 13.6. The van der Waals surface area contributed by atoms with E-state index >= 15 is 0 Å². The monoisotopic (exact) mass is 330 g/mol. The molecule has 1 aromatic heterocycles. The molecule has 0 aliphatic heterocycles. The van der Waals surface area contributed by atoms with E-state index in [2.05, 4.69) is 21.4 Å². The van der Waals surface area contributed by atoms with Gasteiger partial charge in [-0.15, -0.1) is 11.5 Å². The lowest BCUT2D eigenvalue weighted by molar-refractivity contribution is -0.120. The number of benzene rings is 1. The molecule has 0 radical (unpaired) electrons. The molecular weight excluding hydrogens is 312 g/mol. The SMILES string of the molecule is C#CCNC(=O)C(C)Sc1n[nH]c(=O)n1CCc1ccccc1. The highest BCUT2D eigenvalue weighted by atomic mass is 32.2. The van der Waals surface area contributed by atoms with Crippen LogP contribution in [0.25, 0.3) is 0 Å². The molecule has 0 bridgehead atoms. The van der Waals surface area contributed by atoms with E-state index in [4.69, 9.17) is 6.42 Å². The molecule has 23 heavy (non-hydrogen) atoms. The minimum absolute atomic E-state index is 0.182. The number of terminal acetylenes is 1. The molecule has 1 atom stereocenters. The largest absolute Gasteiger partial charge is 0.344 e. The fourth-order valence-electron chi connectivity index (χ4n) is 1.97. The van der Waals surface area contributed by atoms with Gasteiger partial charge in [-0.3, -0.25) is 9.36 Å². The van der Waals surface area contributed by atoms with Crippen molar-refractivity contribution in [3.05, 3.63) is 46.4 Å². The number of thioether (sulfide) groups is 1. The number of amides is 1. The summed E-state index contributed by atoms with van der Waals surface area (Å²) in [5, 5.41) is 9.15. The first-order valence-corrected chi connectivity index (χ1v) is 8.06. The smallest absolute Gasteiger partial charge is 0.343 e. The first-order chi connectivity index (χ1) is 11.1. The van der Waals surface area contributed by atoms with Gasteiger partial charge in [0, 0.05) is 6.54 Å².